The lowest BCUT2D eigenvalue weighted by Crippen LogP contribution is -2.33. The number of imidazole rings is 1. The van der Waals surface area contributed by atoms with Crippen LogP contribution in [0.3, 0.4) is 0 Å². The molecule has 2 N–H and O–H groups in total. The SMILES string of the molecule is COc1ccc(N)c(CN2CCn3ccnc3C2)c1. The van der Waals surface area contributed by atoms with Crippen LogP contribution in [0.15, 0.2) is 30.6 Å². The highest BCUT2D eigenvalue weighted by molar-refractivity contribution is 5.50. The molecular weight excluding hydrogens is 240 g/mol. The topological polar surface area (TPSA) is 56.3 Å². The normalized spacial score (nSPS) is 15.2. The zero-order valence-corrected chi connectivity index (χ0v) is 11.0. The van der Waals surface area contributed by atoms with E-state index in [1.54, 1.807) is 7.11 Å². The number of nitrogen functional groups attached to an aromatic ring is 1. The molecule has 1 aliphatic rings. The molecule has 0 radical (unpaired) electrons. The Morgan fingerprint density at radius 1 is 1.37 bits per heavy atom. The Bertz CT molecular complexity index is 579. The molecule has 0 spiro atoms. The quantitative estimate of drug-likeness (QED) is 0.847. The van der Waals surface area contributed by atoms with Gasteiger partial charge in [0.1, 0.15) is 11.6 Å². The molecule has 1 aliphatic heterocycles. The molecule has 0 saturated carbocycles. The highest BCUT2D eigenvalue weighted by atomic mass is 16.5. The van der Waals surface area contributed by atoms with Crippen molar-refractivity contribution in [1.82, 2.24) is 14.5 Å². The van der Waals surface area contributed by atoms with Crippen LogP contribution in [-0.4, -0.2) is 28.1 Å². The zero-order chi connectivity index (χ0) is 13.2. The van der Waals surface area contributed by atoms with Gasteiger partial charge in [0.25, 0.3) is 0 Å². The van der Waals surface area contributed by atoms with Crippen LogP contribution >= 0.6 is 0 Å². The highest BCUT2D eigenvalue weighted by Gasteiger charge is 2.17. The molecule has 0 saturated heterocycles. The van der Waals surface area contributed by atoms with Gasteiger partial charge in [-0.15, -0.1) is 0 Å². The number of anilines is 1. The van der Waals surface area contributed by atoms with Gasteiger partial charge in [-0.05, 0) is 23.8 Å². The summed E-state index contributed by atoms with van der Waals surface area (Å²) in [5, 5.41) is 0. The Morgan fingerprint density at radius 3 is 3.11 bits per heavy atom. The number of nitrogens with zero attached hydrogens (tertiary/aromatic N) is 3. The second-order valence-electron chi connectivity index (χ2n) is 4.81. The van der Waals surface area contributed by atoms with Crippen LogP contribution in [0, 0.1) is 0 Å². The molecule has 0 bridgehead atoms. The van der Waals surface area contributed by atoms with E-state index in [-0.39, 0.29) is 0 Å². The fraction of sp³-hybridized carbons (Fsp3) is 0.357. The Hall–Kier alpha value is -2.01. The van der Waals surface area contributed by atoms with Crippen LogP contribution in [0.5, 0.6) is 5.75 Å². The molecule has 0 fully saturated rings. The van der Waals surface area contributed by atoms with Crippen LogP contribution in [0.25, 0.3) is 0 Å². The molecule has 1 aromatic carbocycles. The average Bonchev–Trinajstić information content (AvgIpc) is 2.89. The number of ether oxygens (including phenoxy) is 1. The molecule has 0 amide bonds. The summed E-state index contributed by atoms with van der Waals surface area (Å²) in [6.45, 7) is 3.69. The summed E-state index contributed by atoms with van der Waals surface area (Å²) >= 11 is 0. The van der Waals surface area contributed by atoms with Crippen molar-refractivity contribution in [3.05, 3.63) is 42.0 Å². The van der Waals surface area contributed by atoms with E-state index >= 15 is 0 Å². The zero-order valence-electron chi connectivity index (χ0n) is 11.0. The van der Waals surface area contributed by atoms with Gasteiger partial charge in [-0.25, -0.2) is 4.98 Å². The van der Waals surface area contributed by atoms with Crippen molar-refractivity contribution in [2.24, 2.45) is 0 Å². The van der Waals surface area contributed by atoms with Gasteiger partial charge >= 0.3 is 0 Å². The third-order valence-electron chi connectivity index (χ3n) is 3.57. The molecule has 5 heteroatoms. The van der Waals surface area contributed by atoms with E-state index in [0.29, 0.717) is 0 Å². The van der Waals surface area contributed by atoms with E-state index in [1.165, 1.54) is 0 Å². The summed E-state index contributed by atoms with van der Waals surface area (Å²) in [5.74, 6) is 1.97. The van der Waals surface area contributed by atoms with Gasteiger partial charge in [0, 0.05) is 37.7 Å². The Morgan fingerprint density at radius 2 is 2.26 bits per heavy atom. The molecule has 2 heterocycles. The first-order valence-electron chi connectivity index (χ1n) is 6.41. The van der Waals surface area contributed by atoms with E-state index < -0.39 is 0 Å². The van der Waals surface area contributed by atoms with E-state index in [2.05, 4.69) is 14.5 Å². The van der Waals surface area contributed by atoms with Crippen molar-refractivity contribution in [2.75, 3.05) is 19.4 Å². The molecule has 100 valence electrons. The van der Waals surface area contributed by atoms with E-state index in [0.717, 1.165) is 49.0 Å². The third-order valence-corrected chi connectivity index (χ3v) is 3.57. The first-order valence-corrected chi connectivity index (χ1v) is 6.41. The predicted octanol–water partition coefficient (Wildman–Crippen LogP) is 1.49. The van der Waals surface area contributed by atoms with E-state index in [4.69, 9.17) is 10.5 Å². The second-order valence-corrected chi connectivity index (χ2v) is 4.81. The molecule has 0 unspecified atom stereocenters. The predicted molar refractivity (Wildman–Crippen MR) is 73.7 cm³/mol. The van der Waals surface area contributed by atoms with Crippen LogP contribution in [0.4, 0.5) is 5.69 Å². The van der Waals surface area contributed by atoms with Crippen molar-refractivity contribution < 1.29 is 4.74 Å². The van der Waals surface area contributed by atoms with Gasteiger partial charge in [0.2, 0.25) is 0 Å². The molecule has 1 aromatic heterocycles. The smallest absolute Gasteiger partial charge is 0.122 e. The lowest BCUT2D eigenvalue weighted by molar-refractivity contribution is 0.209. The van der Waals surface area contributed by atoms with Crippen molar-refractivity contribution in [2.45, 2.75) is 19.6 Å². The molecule has 0 aliphatic carbocycles. The largest absolute Gasteiger partial charge is 0.497 e. The van der Waals surface area contributed by atoms with Crippen molar-refractivity contribution in [3.8, 4) is 5.75 Å². The van der Waals surface area contributed by atoms with Gasteiger partial charge in [-0.1, -0.05) is 0 Å². The maximum atomic E-state index is 6.03. The molecule has 2 aromatic rings. The minimum absolute atomic E-state index is 0.815. The lowest BCUT2D eigenvalue weighted by atomic mass is 10.1. The summed E-state index contributed by atoms with van der Waals surface area (Å²) in [6, 6.07) is 5.80. The minimum atomic E-state index is 0.815. The Balaban J connectivity index is 1.76. The molecular formula is C14H18N4O. The number of hydrogen-bond acceptors (Lipinski definition) is 4. The summed E-state index contributed by atoms with van der Waals surface area (Å²) in [7, 11) is 1.67. The van der Waals surface area contributed by atoms with Crippen LogP contribution in [0.1, 0.15) is 11.4 Å². The first kappa shape index (κ1) is 12.0. The second kappa shape index (κ2) is 4.93. The fourth-order valence-corrected chi connectivity index (χ4v) is 2.45. The number of hydrogen-bond donors (Lipinski definition) is 1. The lowest BCUT2D eigenvalue weighted by Gasteiger charge is -2.28. The van der Waals surface area contributed by atoms with Gasteiger partial charge in [0.15, 0.2) is 0 Å². The fourth-order valence-electron chi connectivity index (χ4n) is 2.45. The Kier molecular flexibility index (Phi) is 3.13. The van der Waals surface area contributed by atoms with Gasteiger partial charge in [-0.3, -0.25) is 4.90 Å². The molecule has 5 nitrogen and oxygen atoms in total. The van der Waals surface area contributed by atoms with Gasteiger partial charge < -0.3 is 15.0 Å². The third kappa shape index (κ3) is 2.42. The van der Waals surface area contributed by atoms with Crippen LogP contribution in [0.2, 0.25) is 0 Å². The maximum Gasteiger partial charge on any atom is 0.122 e. The summed E-state index contributed by atoms with van der Waals surface area (Å²) < 4.78 is 7.45. The number of methoxy groups -OCH3 is 1. The number of rotatable bonds is 3. The Labute approximate surface area is 112 Å². The minimum Gasteiger partial charge on any atom is -0.497 e. The first-order chi connectivity index (χ1) is 9.26. The number of benzene rings is 1. The maximum absolute atomic E-state index is 6.03. The summed E-state index contributed by atoms with van der Waals surface area (Å²) in [5.41, 5.74) is 7.96. The number of fused-ring (bicyclic) bond motifs is 1. The standard InChI is InChI=1S/C14H18N4O/c1-19-12-2-3-13(15)11(8-12)9-17-6-7-18-5-4-16-14(18)10-17/h2-5,8H,6-7,9-10,15H2,1H3. The van der Waals surface area contributed by atoms with Crippen molar-refractivity contribution in [1.29, 1.82) is 0 Å². The molecule has 3 rings (SSSR count). The van der Waals surface area contributed by atoms with E-state index in [1.807, 2.05) is 30.6 Å². The van der Waals surface area contributed by atoms with Gasteiger partial charge in [0.05, 0.1) is 13.7 Å². The van der Waals surface area contributed by atoms with Crippen molar-refractivity contribution >= 4 is 5.69 Å². The summed E-state index contributed by atoms with van der Waals surface area (Å²) in [4.78, 5) is 6.72. The van der Waals surface area contributed by atoms with Crippen LogP contribution < -0.4 is 10.5 Å². The highest BCUT2D eigenvalue weighted by Crippen LogP contribution is 2.22. The molecule has 19 heavy (non-hydrogen) atoms. The van der Waals surface area contributed by atoms with Crippen molar-refractivity contribution in [3.63, 3.8) is 0 Å². The monoisotopic (exact) mass is 258 g/mol. The molecule has 0 atom stereocenters. The number of aromatic nitrogens is 2. The van der Waals surface area contributed by atoms with Gasteiger partial charge in [-0.2, -0.15) is 0 Å². The van der Waals surface area contributed by atoms with Crippen LogP contribution in [-0.2, 0) is 19.6 Å². The van der Waals surface area contributed by atoms with E-state index in [9.17, 15) is 0 Å². The number of nitrogens with two attached hydrogens (primary N) is 1. The average molecular weight is 258 g/mol. The summed E-state index contributed by atoms with van der Waals surface area (Å²) in [6.07, 6.45) is 3.89.